The Balaban J connectivity index is 3.20. The van der Waals surface area contributed by atoms with Crippen molar-refractivity contribution < 1.29 is 31.8 Å². The van der Waals surface area contributed by atoms with E-state index in [9.17, 15) is 22.0 Å². The third kappa shape index (κ3) is 3.91. The highest BCUT2D eigenvalue weighted by atomic mass is 127. The summed E-state index contributed by atoms with van der Waals surface area (Å²) in [5.41, 5.74) is -1.13. The highest BCUT2D eigenvalue weighted by Gasteiger charge is 2.33. The first-order chi connectivity index (χ1) is 7.74. The SMILES string of the molecule is OCc1c(I)cc(OC(F)(F)F)nc1C(F)F. The lowest BCUT2D eigenvalue weighted by Crippen LogP contribution is -2.19. The Morgan fingerprint density at radius 3 is 2.41 bits per heavy atom. The molecule has 0 fully saturated rings. The van der Waals surface area contributed by atoms with Crippen molar-refractivity contribution in [1.29, 1.82) is 0 Å². The molecule has 1 heterocycles. The van der Waals surface area contributed by atoms with Gasteiger partial charge in [-0.25, -0.2) is 13.8 Å². The van der Waals surface area contributed by atoms with Gasteiger partial charge in [0.05, 0.1) is 6.61 Å². The van der Waals surface area contributed by atoms with E-state index in [0.717, 1.165) is 6.07 Å². The molecule has 0 aliphatic heterocycles. The molecule has 1 rings (SSSR count). The average molecular weight is 369 g/mol. The van der Waals surface area contributed by atoms with Crippen LogP contribution in [-0.4, -0.2) is 16.5 Å². The zero-order valence-electron chi connectivity index (χ0n) is 7.93. The fourth-order valence-electron chi connectivity index (χ4n) is 1.04. The summed E-state index contributed by atoms with van der Waals surface area (Å²) in [4.78, 5) is 3.03. The summed E-state index contributed by atoms with van der Waals surface area (Å²) >= 11 is 1.52. The van der Waals surface area contributed by atoms with E-state index in [2.05, 4.69) is 9.72 Å². The molecule has 0 aliphatic carbocycles. The smallest absolute Gasteiger partial charge is 0.392 e. The molecular weight excluding hydrogens is 364 g/mol. The number of pyridine rings is 1. The summed E-state index contributed by atoms with van der Waals surface area (Å²) < 4.78 is 64.1. The molecule has 3 nitrogen and oxygen atoms in total. The molecule has 0 aliphatic rings. The Labute approximate surface area is 106 Å². The summed E-state index contributed by atoms with van der Waals surface area (Å²) in [6.45, 7) is -0.739. The van der Waals surface area contributed by atoms with E-state index in [1.807, 2.05) is 0 Å². The van der Waals surface area contributed by atoms with Gasteiger partial charge in [-0.15, -0.1) is 13.2 Å². The maximum Gasteiger partial charge on any atom is 0.574 e. The van der Waals surface area contributed by atoms with Crippen molar-refractivity contribution in [2.45, 2.75) is 19.4 Å². The number of rotatable bonds is 3. The number of nitrogens with zero attached hydrogens (tertiary/aromatic N) is 1. The topological polar surface area (TPSA) is 42.4 Å². The molecule has 0 amide bonds. The fourth-order valence-corrected chi connectivity index (χ4v) is 1.76. The van der Waals surface area contributed by atoms with Gasteiger partial charge in [0.25, 0.3) is 6.43 Å². The van der Waals surface area contributed by atoms with Crippen molar-refractivity contribution in [1.82, 2.24) is 4.98 Å². The molecule has 0 saturated heterocycles. The minimum absolute atomic E-state index is 0.0228. The van der Waals surface area contributed by atoms with E-state index in [0.29, 0.717) is 0 Å². The second kappa shape index (κ2) is 5.29. The van der Waals surface area contributed by atoms with E-state index < -0.39 is 31.0 Å². The van der Waals surface area contributed by atoms with Crippen LogP contribution >= 0.6 is 22.6 Å². The summed E-state index contributed by atoms with van der Waals surface area (Å²) in [5, 5.41) is 8.83. The zero-order chi connectivity index (χ0) is 13.2. The van der Waals surface area contributed by atoms with Crippen molar-refractivity contribution in [3.8, 4) is 5.88 Å². The van der Waals surface area contributed by atoms with Gasteiger partial charge in [-0.1, -0.05) is 0 Å². The molecular formula is C8H5F5INO2. The van der Waals surface area contributed by atoms with Gasteiger partial charge in [0.15, 0.2) is 0 Å². The van der Waals surface area contributed by atoms with Crippen LogP contribution in [-0.2, 0) is 6.61 Å². The lowest BCUT2D eigenvalue weighted by atomic mass is 10.2. The van der Waals surface area contributed by atoms with Crippen molar-refractivity contribution in [3.05, 3.63) is 20.9 Å². The third-order valence-electron chi connectivity index (χ3n) is 1.66. The normalized spacial score (nSPS) is 12.0. The number of halogens is 6. The van der Waals surface area contributed by atoms with Crippen LogP contribution in [0, 0.1) is 3.57 Å². The molecule has 0 unspecified atom stereocenters. The minimum atomic E-state index is -5.00. The molecule has 0 bridgehead atoms. The summed E-state index contributed by atoms with van der Waals surface area (Å²) in [7, 11) is 0. The Morgan fingerprint density at radius 2 is 2.00 bits per heavy atom. The molecule has 96 valence electrons. The maximum absolute atomic E-state index is 12.5. The Morgan fingerprint density at radius 1 is 1.41 bits per heavy atom. The summed E-state index contributed by atoms with van der Waals surface area (Å²) in [6, 6.07) is 0.825. The molecule has 0 spiro atoms. The molecule has 0 atom stereocenters. The highest BCUT2D eigenvalue weighted by Crippen LogP contribution is 2.30. The van der Waals surface area contributed by atoms with Gasteiger partial charge in [0.2, 0.25) is 5.88 Å². The van der Waals surface area contributed by atoms with Gasteiger partial charge in [-0.05, 0) is 22.6 Å². The first-order valence-corrected chi connectivity index (χ1v) is 5.16. The van der Waals surface area contributed by atoms with Gasteiger partial charge in [0, 0.05) is 15.2 Å². The van der Waals surface area contributed by atoms with Crippen LogP contribution in [0.25, 0.3) is 0 Å². The zero-order valence-corrected chi connectivity index (χ0v) is 10.1. The molecule has 9 heteroatoms. The second-order valence-corrected chi connectivity index (χ2v) is 3.97. The largest absolute Gasteiger partial charge is 0.574 e. The van der Waals surface area contributed by atoms with E-state index in [1.54, 1.807) is 0 Å². The van der Waals surface area contributed by atoms with E-state index in [-0.39, 0.29) is 9.13 Å². The lowest BCUT2D eigenvalue weighted by Gasteiger charge is -2.12. The van der Waals surface area contributed by atoms with Crippen molar-refractivity contribution in [3.63, 3.8) is 0 Å². The predicted molar refractivity (Wildman–Crippen MR) is 54.5 cm³/mol. The van der Waals surface area contributed by atoms with Gasteiger partial charge in [-0.2, -0.15) is 0 Å². The van der Waals surface area contributed by atoms with E-state index >= 15 is 0 Å². The van der Waals surface area contributed by atoms with Crippen LogP contribution in [0.15, 0.2) is 6.07 Å². The Kier molecular flexibility index (Phi) is 4.47. The first kappa shape index (κ1) is 14.4. The molecule has 1 N–H and O–H groups in total. The predicted octanol–water partition coefficient (Wildman–Crippen LogP) is 3.01. The van der Waals surface area contributed by atoms with Gasteiger partial charge in [0.1, 0.15) is 5.69 Å². The lowest BCUT2D eigenvalue weighted by molar-refractivity contribution is -0.276. The quantitative estimate of drug-likeness (QED) is 0.658. The minimum Gasteiger partial charge on any atom is -0.392 e. The van der Waals surface area contributed by atoms with Crippen LogP contribution in [0.2, 0.25) is 0 Å². The van der Waals surface area contributed by atoms with E-state index in [4.69, 9.17) is 5.11 Å². The number of hydrogen-bond acceptors (Lipinski definition) is 3. The van der Waals surface area contributed by atoms with Crippen LogP contribution in [0.5, 0.6) is 5.88 Å². The molecule has 17 heavy (non-hydrogen) atoms. The highest BCUT2D eigenvalue weighted by molar-refractivity contribution is 14.1. The first-order valence-electron chi connectivity index (χ1n) is 4.08. The van der Waals surface area contributed by atoms with Crippen LogP contribution in [0.4, 0.5) is 22.0 Å². The Bertz CT molecular complexity index is 410. The number of ether oxygens (including phenoxy) is 1. The van der Waals surface area contributed by atoms with Gasteiger partial charge in [-0.3, -0.25) is 0 Å². The summed E-state index contributed by atoms with van der Waals surface area (Å²) in [5.74, 6) is -0.977. The number of aromatic nitrogens is 1. The average Bonchev–Trinajstić information content (AvgIpc) is 2.13. The Hall–Kier alpha value is -0.710. The van der Waals surface area contributed by atoms with Crippen molar-refractivity contribution >= 4 is 22.6 Å². The number of alkyl halides is 5. The number of hydrogen-bond donors (Lipinski definition) is 1. The van der Waals surface area contributed by atoms with Crippen molar-refractivity contribution in [2.24, 2.45) is 0 Å². The third-order valence-corrected chi connectivity index (χ3v) is 2.63. The number of aliphatic hydroxyl groups excluding tert-OH is 1. The molecule has 1 aromatic heterocycles. The van der Waals surface area contributed by atoms with E-state index in [1.165, 1.54) is 22.6 Å². The monoisotopic (exact) mass is 369 g/mol. The van der Waals surface area contributed by atoms with Crippen LogP contribution < -0.4 is 4.74 Å². The van der Waals surface area contributed by atoms with Gasteiger partial charge >= 0.3 is 6.36 Å². The van der Waals surface area contributed by atoms with Crippen LogP contribution in [0.3, 0.4) is 0 Å². The van der Waals surface area contributed by atoms with Crippen molar-refractivity contribution in [2.75, 3.05) is 0 Å². The van der Waals surface area contributed by atoms with Crippen LogP contribution in [0.1, 0.15) is 17.7 Å². The molecule has 0 aromatic carbocycles. The molecule has 1 aromatic rings. The standard InChI is InChI=1S/C8H5F5INO2/c9-7(10)6-3(2-16)4(14)1-5(15-6)17-8(11,12)13/h1,7,16H,2H2. The van der Waals surface area contributed by atoms with Gasteiger partial charge < -0.3 is 9.84 Å². The molecule has 0 saturated carbocycles. The number of aliphatic hydroxyl groups is 1. The molecule has 0 radical (unpaired) electrons. The second-order valence-electron chi connectivity index (χ2n) is 2.81. The summed E-state index contributed by atoms with van der Waals surface area (Å²) in [6.07, 6.45) is -8.10. The fraction of sp³-hybridized carbons (Fsp3) is 0.375. The maximum atomic E-state index is 12.5.